The molecule has 5 heteroatoms. The number of rotatable bonds is 5. The summed E-state index contributed by atoms with van der Waals surface area (Å²) in [4.78, 5) is 31.9. The first-order chi connectivity index (χ1) is 12.7. The van der Waals surface area contributed by atoms with E-state index in [1.807, 2.05) is 41.3 Å². The zero-order valence-electron chi connectivity index (χ0n) is 14.3. The van der Waals surface area contributed by atoms with Crippen molar-refractivity contribution in [1.29, 1.82) is 0 Å². The molecule has 0 aliphatic carbocycles. The Balaban J connectivity index is 1.84. The summed E-state index contributed by atoms with van der Waals surface area (Å²) in [7, 11) is 0. The van der Waals surface area contributed by atoms with E-state index in [4.69, 9.17) is 0 Å². The van der Waals surface area contributed by atoms with Crippen LogP contribution < -0.4 is 4.90 Å². The Bertz CT molecular complexity index is 968. The molecule has 1 aliphatic rings. The van der Waals surface area contributed by atoms with Crippen LogP contribution in [0.15, 0.2) is 58.4 Å². The van der Waals surface area contributed by atoms with Crippen LogP contribution >= 0.6 is 0 Å². The number of amides is 2. The third-order valence-corrected chi connectivity index (χ3v) is 8.01. The van der Waals surface area contributed by atoms with Gasteiger partial charge in [-0.2, -0.15) is 0 Å². The van der Waals surface area contributed by atoms with Crippen molar-refractivity contribution in [2.24, 2.45) is 0 Å². The number of carbonyl (C=O) groups is 2. The number of anilines is 1. The van der Waals surface area contributed by atoms with Crippen molar-refractivity contribution in [2.45, 2.75) is 19.8 Å². The van der Waals surface area contributed by atoms with Gasteiger partial charge in [-0.05, 0) is 0 Å². The molecule has 0 spiro atoms. The topological polar surface area (TPSA) is 37.4 Å². The van der Waals surface area contributed by atoms with E-state index in [1.54, 1.807) is 0 Å². The van der Waals surface area contributed by atoms with Crippen molar-refractivity contribution >= 4 is 56.5 Å². The number of hydrogen-bond donors (Lipinski definition) is 0. The first-order valence-corrected chi connectivity index (χ1v) is 12.2. The van der Waals surface area contributed by atoms with Crippen molar-refractivity contribution in [1.82, 2.24) is 0 Å². The van der Waals surface area contributed by atoms with Gasteiger partial charge >= 0.3 is 165 Å². The second kappa shape index (κ2) is 7.38. The van der Waals surface area contributed by atoms with E-state index in [0.29, 0.717) is 11.1 Å². The minimum absolute atomic E-state index is 0.0321. The van der Waals surface area contributed by atoms with Crippen molar-refractivity contribution in [3.8, 4) is 0 Å². The predicted molar refractivity (Wildman–Crippen MR) is 107 cm³/mol. The Morgan fingerprint density at radius 1 is 0.846 bits per heavy atom. The Morgan fingerprint density at radius 2 is 1.54 bits per heavy atom. The van der Waals surface area contributed by atoms with Crippen LogP contribution in [-0.2, 0) is 16.0 Å². The summed E-state index contributed by atoms with van der Waals surface area (Å²) in [6.07, 6.45) is 2.10. The molecule has 3 nitrogen and oxygen atoms in total. The maximum atomic E-state index is 13.2. The molecule has 26 heavy (non-hydrogen) atoms. The second-order valence-electron chi connectivity index (χ2n) is 6.07. The van der Waals surface area contributed by atoms with E-state index in [2.05, 4.69) is 24.0 Å². The molecule has 0 radical (unpaired) electrons. The standard InChI is InChI=1S/C21H17NO2Se2/c1-2-5-14-8-10-15(11-9-14)18-19(16-6-3-12-25-16)21(24)22(20(18)23)17-7-4-13-26-17/h3-4,6-13H,2,5H2,1H3. The van der Waals surface area contributed by atoms with Gasteiger partial charge in [0.25, 0.3) is 0 Å². The molecule has 2 amide bonds. The number of carbonyl (C=O) groups excluding carboxylic acids is 2. The van der Waals surface area contributed by atoms with Crippen molar-refractivity contribution in [3.63, 3.8) is 0 Å². The van der Waals surface area contributed by atoms with Gasteiger partial charge in [0.2, 0.25) is 0 Å². The number of benzene rings is 1. The van der Waals surface area contributed by atoms with Crippen LogP contribution in [0.4, 0.5) is 4.56 Å². The monoisotopic (exact) mass is 475 g/mol. The predicted octanol–water partition coefficient (Wildman–Crippen LogP) is 3.24. The molecule has 4 rings (SSSR count). The van der Waals surface area contributed by atoms with Crippen molar-refractivity contribution in [3.05, 3.63) is 74.0 Å². The summed E-state index contributed by atoms with van der Waals surface area (Å²) in [5.74, 6) is -0.357. The van der Waals surface area contributed by atoms with Crippen molar-refractivity contribution < 1.29 is 9.59 Å². The third kappa shape index (κ3) is 3.02. The van der Waals surface area contributed by atoms with E-state index in [1.165, 1.54) is 10.5 Å². The van der Waals surface area contributed by atoms with Crippen LogP contribution in [0.5, 0.6) is 0 Å². The summed E-state index contributed by atoms with van der Waals surface area (Å²) < 4.78 is 1.81. The molecule has 2 aromatic heterocycles. The fraction of sp³-hybridized carbons (Fsp3) is 0.143. The molecule has 0 fully saturated rings. The van der Waals surface area contributed by atoms with Gasteiger partial charge in [-0.15, -0.1) is 0 Å². The summed E-state index contributed by atoms with van der Waals surface area (Å²) in [6.45, 7) is 2.15. The minimum atomic E-state index is -0.186. The Hall–Kier alpha value is -1.90. The molecule has 0 N–H and O–H groups in total. The van der Waals surface area contributed by atoms with E-state index in [9.17, 15) is 9.59 Å². The van der Waals surface area contributed by atoms with Crippen LogP contribution in [0.1, 0.15) is 28.9 Å². The summed E-state index contributed by atoms with van der Waals surface area (Å²) in [6, 6.07) is 15.9. The molecule has 0 bridgehead atoms. The zero-order chi connectivity index (χ0) is 18.1. The fourth-order valence-electron chi connectivity index (χ4n) is 3.17. The summed E-state index contributed by atoms with van der Waals surface area (Å²) >= 11 is 0.131. The zero-order valence-corrected chi connectivity index (χ0v) is 17.7. The summed E-state index contributed by atoms with van der Waals surface area (Å²) in [5, 5.41) is 0. The van der Waals surface area contributed by atoms with Gasteiger partial charge in [-0.25, -0.2) is 0 Å². The molecule has 1 aliphatic heterocycles. The maximum absolute atomic E-state index is 13.2. The first-order valence-electron chi connectivity index (χ1n) is 8.50. The second-order valence-corrected chi connectivity index (χ2v) is 10.0. The van der Waals surface area contributed by atoms with Crippen LogP contribution in [0.2, 0.25) is 0 Å². The van der Waals surface area contributed by atoms with Crippen LogP contribution in [-0.4, -0.2) is 40.8 Å². The first kappa shape index (κ1) is 17.5. The van der Waals surface area contributed by atoms with Gasteiger partial charge in [-0.3, -0.25) is 0 Å². The van der Waals surface area contributed by atoms with Crippen LogP contribution in [0.25, 0.3) is 11.1 Å². The van der Waals surface area contributed by atoms with E-state index >= 15 is 0 Å². The van der Waals surface area contributed by atoms with Crippen LogP contribution in [0.3, 0.4) is 0 Å². The molecule has 1 aromatic carbocycles. The quantitative estimate of drug-likeness (QED) is 0.422. The molecule has 3 heterocycles. The number of hydrogen-bond acceptors (Lipinski definition) is 2. The van der Waals surface area contributed by atoms with Crippen molar-refractivity contribution in [2.75, 3.05) is 4.90 Å². The van der Waals surface area contributed by atoms with Gasteiger partial charge in [0.1, 0.15) is 0 Å². The number of nitrogens with zero attached hydrogens (tertiary/aromatic N) is 1. The molecule has 0 saturated heterocycles. The fourth-order valence-corrected chi connectivity index (χ4v) is 6.30. The Morgan fingerprint density at radius 3 is 2.15 bits per heavy atom. The van der Waals surface area contributed by atoms with Gasteiger partial charge in [-0.1, -0.05) is 0 Å². The molecule has 130 valence electrons. The SMILES string of the molecule is CCCc1ccc(C2=C(c3ccc[se]3)C(=O)N(c3ccc[se]3)C2=O)cc1. The number of aryl methyl sites for hydroxylation is 1. The Kier molecular flexibility index (Phi) is 4.97. The molecular weight excluding hydrogens is 456 g/mol. The molecule has 0 unspecified atom stereocenters. The average molecular weight is 473 g/mol. The number of imide groups is 1. The molecule has 0 atom stereocenters. The van der Waals surface area contributed by atoms with E-state index in [-0.39, 0.29) is 40.8 Å². The molecule has 3 aromatic rings. The molecular formula is C21H17NO2Se2. The van der Waals surface area contributed by atoms with E-state index in [0.717, 1.165) is 27.4 Å². The van der Waals surface area contributed by atoms with Crippen LogP contribution in [0, 0.1) is 0 Å². The third-order valence-electron chi connectivity index (χ3n) is 4.36. The van der Waals surface area contributed by atoms with Gasteiger partial charge in [0.05, 0.1) is 0 Å². The van der Waals surface area contributed by atoms with Gasteiger partial charge < -0.3 is 0 Å². The molecule has 0 saturated carbocycles. The summed E-state index contributed by atoms with van der Waals surface area (Å²) in [5.41, 5.74) is 3.23. The van der Waals surface area contributed by atoms with Gasteiger partial charge in [0.15, 0.2) is 0 Å². The van der Waals surface area contributed by atoms with Gasteiger partial charge in [0, 0.05) is 0 Å². The average Bonchev–Trinajstić information content (AvgIpc) is 3.37. The Labute approximate surface area is 164 Å². The van der Waals surface area contributed by atoms with E-state index < -0.39 is 0 Å². The normalized spacial score (nSPS) is 14.6.